The summed E-state index contributed by atoms with van der Waals surface area (Å²) < 4.78 is 15.9. The summed E-state index contributed by atoms with van der Waals surface area (Å²) in [6.45, 7) is 5.98. The largest absolute Gasteiger partial charge is 0.470 e. The molecule has 0 fully saturated rings. The highest BCUT2D eigenvalue weighted by Gasteiger charge is 2.34. The molecule has 1 atom stereocenters. The number of rotatable bonds is 8. The van der Waals surface area contributed by atoms with E-state index in [4.69, 9.17) is 14.3 Å². The normalized spacial score (nSPS) is 16.3. The molecule has 0 saturated carbocycles. The maximum atomic E-state index is 10.9. The van der Waals surface area contributed by atoms with Crippen LogP contribution in [0.4, 0.5) is 0 Å². The van der Waals surface area contributed by atoms with Crippen LogP contribution in [-0.4, -0.2) is 15.4 Å². The van der Waals surface area contributed by atoms with Crippen molar-refractivity contribution in [3.05, 3.63) is 0 Å². The molecule has 2 N–H and O–H groups in total. The van der Waals surface area contributed by atoms with E-state index in [9.17, 15) is 4.57 Å². The van der Waals surface area contributed by atoms with Gasteiger partial charge in [0.1, 0.15) is 0 Å². The summed E-state index contributed by atoms with van der Waals surface area (Å²) in [6, 6.07) is 0. The molecule has 92 valence electrons. The van der Waals surface area contributed by atoms with Crippen LogP contribution in [0.25, 0.3) is 0 Å². The average Bonchev–Trinajstić information content (AvgIpc) is 2.12. The second-order valence-electron chi connectivity index (χ2n) is 3.97. The quantitative estimate of drug-likeness (QED) is 0.637. The molecule has 0 aromatic rings. The zero-order valence-corrected chi connectivity index (χ0v) is 10.8. The SMILES string of the molecule is CCCCC(CC)(CCC)OP(=O)(O)O. The van der Waals surface area contributed by atoms with Gasteiger partial charge in [-0.1, -0.05) is 40.0 Å². The van der Waals surface area contributed by atoms with Gasteiger partial charge in [0.05, 0.1) is 5.60 Å². The van der Waals surface area contributed by atoms with E-state index in [1.165, 1.54) is 0 Å². The Morgan fingerprint density at radius 3 is 2.07 bits per heavy atom. The van der Waals surface area contributed by atoms with Gasteiger partial charge in [-0.2, -0.15) is 0 Å². The van der Waals surface area contributed by atoms with Crippen molar-refractivity contribution in [2.24, 2.45) is 0 Å². The van der Waals surface area contributed by atoms with Gasteiger partial charge in [-0.3, -0.25) is 4.52 Å². The lowest BCUT2D eigenvalue weighted by molar-refractivity contribution is 0.0131. The van der Waals surface area contributed by atoms with Gasteiger partial charge in [0, 0.05) is 0 Å². The van der Waals surface area contributed by atoms with Crippen LogP contribution in [-0.2, 0) is 9.09 Å². The molecule has 0 radical (unpaired) electrons. The summed E-state index contributed by atoms with van der Waals surface area (Å²) in [5.41, 5.74) is -0.635. The first kappa shape index (κ1) is 15.1. The monoisotopic (exact) mass is 238 g/mol. The van der Waals surface area contributed by atoms with E-state index in [0.717, 1.165) is 25.7 Å². The molecule has 4 nitrogen and oxygen atoms in total. The maximum Gasteiger partial charge on any atom is 0.470 e. The molecule has 0 aromatic carbocycles. The van der Waals surface area contributed by atoms with E-state index >= 15 is 0 Å². The van der Waals surface area contributed by atoms with Gasteiger partial charge < -0.3 is 9.79 Å². The topological polar surface area (TPSA) is 66.8 Å². The fraction of sp³-hybridized carbons (Fsp3) is 1.00. The van der Waals surface area contributed by atoms with Crippen LogP contribution in [0, 0.1) is 0 Å². The third-order valence-electron chi connectivity index (χ3n) is 2.65. The minimum Gasteiger partial charge on any atom is -0.303 e. The number of hydrogen-bond donors (Lipinski definition) is 2. The van der Waals surface area contributed by atoms with E-state index in [1.807, 2.05) is 13.8 Å². The van der Waals surface area contributed by atoms with Crippen molar-refractivity contribution in [3.63, 3.8) is 0 Å². The Hall–Kier alpha value is 0.110. The summed E-state index contributed by atoms with van der Waals surface area (Å²) in [4.78, 5) is 17.8. The summed E-state index contributed by atoms with van der Waals surface area (Å²) in [7, 11) is -4.37. The molecule has 0 saturated heterocycles. The van der Waals surface area contributed by atoms with Crippen LogP contribution in [0.5, 0.6) is 0 Å². The standard InChI is InChI=1S/C10H23O4P/c1-4-7-9-10(6-3,8-5-2)14-15(11,12)13/h4-9H2,1-3H3,(H2,11,12,13). The Labute approximate surface area is 92.3 Å². The number of phosphoric acid groups is 1. The second kappa shape index (κ2) is 6.64. The fourth-order valence-corrected chi connectivity index (χ4v) is 2.66. The van der Waals surface area contributed by atoms with Gasteiger partial charge >= 0.3 is 7.82 Å². The highest BCUT2D eigenvalue weighted by Crippen LogP contribution is 2.46. The first-order chi connectivity index (χ1) is 6.89. The van der Waals surface area contributed by atoms with Gasteiger partial charge in [-0.15, -0.1) is 0 Å². The minimum absolute atomic E-state index is 0.635. The van der Waals surface area contributed by atoms with Gasteiger partial charge in [0.25, 0.3) is 0 Å². The lowest BCUT2D eigenvalue weighted by Crippen LogP contribution is -2.30. The third kappa shape index (κ3) is 6.31. The molecular weight excluding hydrogens is 215 g/mol. The molecule has 0 aliphatic rings. The fourth-order valence-electron chi connectivity index (χ4n) is 1.84. The van der Waals surface area contributed by atoms with Crippen molar-refractivity contribution >= 4 is 7.82 Å². The van der Waals surface area contributed by atoms with Gasteiger partial charge in [-0.05, 0) is 19.3 Å². The molecule has 0 aliphatic carbocycles. The smallest absolute Gasteiger partial charge is 0.303 e. The highest BCUT2D eigenvalue weighted by atomic mass is 31.2. The van der Waals surface area contributed by atoms with Crippen molar-refractivity contribution in [2.75, 3.05) is 0 Å². The Balaban J connectivity index is 4.56. The number of unbranched alkanes of at least 4 members (excludes halogenated alkanes) is 1. The van der Waals surface area contributed by atoms with Gasteiger partial charge in [0.15, 0.2) is 0 Å². The van der Waals surface area contributed by atoms with E-state index in [2.05, 4.69) is 6.92 Å². The second-order valence-corrected chi connectivity index (χ2v) is 5.14. The van der Waals surface area contributed by atoms with Crippen LogP contribution in [0.2, 0.25) is 0 Å². The predicted molar refractivity (Wildman–Crippen MR) is 60.6 cm³/mol. The van der Waals surface area contributed by atoms with E-state index < -0.39 is 13.4 Å². The molecule has 0 aromatic heterocycles. The van der Waals surface area contributed by atoms with E-state index in [-0.39, 0.29) is 0 Å². The van der Waals surface area contributed by atoms with Crippen molar-refractivity contribution < 1.29 is 18.9 Å². The Bertz CT molecular complexity index is 213. The molecule has 0 heterocycles. The molecule has 0 bridgehead atoms. The van der Waals surface area contributed by atoms with Crippen molar-refractivity contribution in [3.8, 4) is 0 Å². The van der Waals surface area contributed by atoms with Crippen LogP contribution in [0.15, 0.2) is 0 Å². The molecular formula is C10H23O4P. The lowest BCUT2D eigenvalue weighted by Gasteiger charge is -2.32. The molecule has 0 amide bonds. The average molecular weight is 238 g/mol. The lowest BCUT2D eigenvalue weighted by atomic mass is 9.89. The Morgan fingerprint density at radius 1 is 1.13 bits per heavy atom. The van der Waals surface area contributed by atoms with E-state index in [1.54, 1.807) is 0 Å². The van der Waals surface area contributed by atoms with Crippen LogP contribution >= 0.6 is 7.82 Å². The Kier molecular flexibility index (Phi) is 6.69. The molecule has 15 heavy (non-hydrogen) atoms. The molecule has 1 unspecified atom stereocenters. The van der Waals surface area contributed by atoms with Crippen LogP contribution in [0.3, 0.4) is 0 Å². The van der Waals surface area contributed by atoms with Gasteiger partial charge in [-0.25, -0.2) is 4.57 Å². The molecule has 5 heteroatoms. The van der Waals surface area contributed by atoms with E-state index in [0.29, 0.717) is 12.8 Å². The van der Waals surface area contributed by atoms with Crippen LogP contribution in [0.1, 0.15) is 59.3 Å². The first-order valence-electron chi connectivity index (χ1n) is 5.65. The number of hydrogen-bond acceptors (Lipinski definition) is 2. The molecule has 0 spiro atoms. The molecule has 0 aliphatic heterocycles. The summed E-state index contributed by atoms with van der Waals surface area (Å²) in [5.74, 6) is 0. The molecule has 0 rings (SSSR count). The summed E-state index contributed by atoms with van der Waals surface area (Å²) >= 11 is 0. The predicted octanol–water partition coefficient (Wildman–Crippen LogP) is 3.23. The van der Waals surface area contributed by atoms with Crippen molar-refractivity contribution in [1.29, 1.82) is 0 Å². The number of phosphoric ester groups is 1. The maximum absolute atomic E-state index is 10.9. The summed E-state index contributed by atoms with van der Waals surface area (Å²) in [5, 5.41) is 0. The zero-order valence-electron chi connectivity index (χ0n) is 9.90. The van der Waals surface area contributed by atoms with Crippen molar-refractivity contribution in [1.82, 2.24) is 0 Å². The highest BCUT2D eigenvalue weighted by molar-refractivity contribution is 7.46. The zero-order chi connectivity index (χ0) is 11.9. The Morgan fingerprint density at radius 2 is 1.73 bits per heavy atom. The van der Waals surface area contributed by atoms with Crippen molar-refractivity contribution in [2.45, 2.75) is 64.9 Å². The summed E-state index contributed by atoms with van der Waals surface area (Å²) in [6.07, 6.45) is 4.89. The first-order valence-corrected chi connectivity index (χ1v) is 7.18. The van der Waals surface area contributed by atoms with Gasteiger partial charge in [0.2, 0.25) is 0 Å². The van der Waals surface area contributed by atoms with Crippen LogP contribution < -0.4 is 0 Å². The minimum atomic E-state index is -4.37. The third-order valence-corrected chi connectivity index (χ3v) is 3.27.